The number of nitrogens with one attached hydrogen (secondary N) is 2. The first-order chi connectivity index (χ1) is 21.7. The lowest BCUT2D eigenvalue weighted by atomic mass is 10.0. The van der Waals surface area contributed by atoms with Crippen molar-refractivity contribution >= 4 is 64.7 Å². The molecule has 1 unspecified atom stereocenters. The molecule has 0 fully saturated rings. The Balaban J connectivity index is 1.22. The fourth-order valence-corrected chi connectivity index (χ4v) is 7.19. The van der Waals surface area contributed by atoms with Crippen molar-refractivity contribution in [3.05, 3.63) is 65.2 Å². The van der Waals surface area contributed by atoms with Gasteiger partial charge in [0.1, 0.15) is 7.60 Å². The molecule has 9 nitrogen and oxygen atoms in total. The second-order valence-corrected chi connectivity index (χ2v) is 16.1. The van der Waals surface area contributed by atoms with Gasteiger partial charge in [0.25, 0.3) is 0 Å². The van der Waals surface area contributed by atoms with E-state index in [-0.39, 0.29) is 37.3 Å². The van der Waals surface area contributed by atoms with Crippen LogP contribution in [0.3, 0.4) is 0 Å². The number of carbonyl (C=O) groups is 3. The van der Waals surface area contributed by atoms with Crippen LogP contribution in [-0.4, -0.2) is 54.6 Å². The summed E-state index contributed by atoms with van der Waals surface area (Å²) in [4.78, 5) is 51.1. The van der Waals surface area contributed by atoms with Gasteiger partial charge in [-0.2, -0.15) is 0 Å². The summed E-state index contributed by atoms with van der Waals surface area (Å²) in [6, 6.07) is 15.9. The average molecular weight is 675 g/mol. The van der Waals surface area contributed by atoms with Crippen LogP contribution in [0.25, 0.3) is 12.2 Å². The van der Waals surface area contributed by atoms with E-state index in [4.69, 9.17) is 4.52 Å². The van der Waals surface area contributed by atoms with E-state index in [2.05, 4.69) is 16.7 Å². The number of carbonyl (C=O) groups excluding carboxylic acids is 3. The average Bonchev–Trinajstić information content (AvgIpc) is 3.01. The lowest BCUT2D eigenvalue weighted by molar-refractivity contribution is -0.200. The third-order valence-electron chi connectivity index (χ3n) is 7.22. The van der Waals surface area contributed by atoms with Gasteiger partial charge in [-0.1, -0.05) is 103 Å². The third-order valence-corrected chi connectivity index (χ3v) is 11.4. The van der Waals surface area contributed by atoms with Crippen LogP contribution in [0.2, 0.25) is 0 Å². The largest absolute Gasteiger partial charge is 0.778 e. The molecule has 0 aliphatic carbocycles. The number of benzene rings is 2. The summed E-state index contributed by atoms with van der Waals surface area (Å²) in [6.07, 6.45) is 8.34. The van der Waals surface area contributed by atoms with Crippen molar-refractivity contribution in [3.63, 3.8) is 0 Å². The fraction of sp³-hybridized carbons (Fsp3) is 0.485. The Labute approximate surface area is 275 Å². The highest BCUT2D eigenvalue weighted by molar-refractivity contribution is 8.76. The molecule has 0 radical (unpaired) electrons. The minimum Gasteiger partial charge on any atom is -0.778 e. The van der Waals surface area contributed by atoms with Crippen LogP contribution >= 0.6 is 29.2 Å². The number of hydrogen-bond acceptors (Lipinski definition) is 8. The molecule has 1 aliphatic rings. The monoisotopic (exact) mass is 674 g/mol. The zero-order valence-corrected chi connectivity index (χ0v) is 28.7. The highest BCUT2D eigenvalue weighted by atomic mass is 33.1. The van der Waals surface area contributed by atoms with E-state index in [1.54, 1.807) is 40.3 Å². The van der Waals surface area contributed by atoms with Crippen molar-refractivity contribution in [1.29, 1.82) is 0 Å². The Morgan fingerprint density at radius 3 is 2.16 bits per heavy atom. The van der Waals surface area contributed by atoms with Gasteiger partial charge in [0.15, 0.2) is 0 Å². The number of nitrogens with zero attached hydrogens (tertiary/aromatic N) is 1. The Hall–Kier alpha value is -2.56. The highest BCUT2D eigenvalue weighted by Gasteiger charge is 2.21. The predicted molar refractivity (Wildman–Crippen MR) is 185 cm³/mol. The summed E-state index contributed by atoms with van der Waals surface area (Å²) in [5.74, 6) is 1.15. The SMILES string of the molecule is CC(C)P(=O)([O-])OCCCCCCNC(=O)CCSSCCC(=O)NCCC(=O)N1Cc2ccccc2C=Cc2ccccc21. The molecular weight excluding hydrogens is 629 g/mol. The molecule has 246 valence electrons. The van der Waals surface area contributed by atoms with Crippen molar-refractivity contribution in [2.75, 3.05) is 36.1 Å². The van der Waals surface area contributed by atoms with Crippen LogP contribution < -0.4 is 20.4 Å². The van der Waals surface area contributed by atoms with Crippen molar-refractivity contribution in [3.8, 4) is 0 Å². The Morgan fingerprint density at radius 2 is 1.44 bits per heavy atom. The topological polar surface area (TPSA) is 128 Å². The van der Waals surface area contributed by atoms with Crippen LogP contribution in [0, 0.1) is 0 Å². The van der Waals surface area contributed by atoms with Crippen LogP contribution in [0.5, 0.6) is 0 Å². The van der Waals surface area contributed by atoms with Gasteiger partial charge in [-0.3, -0.25) is 14.4 Å². The molecule has 0 aromatic heterocycles. The molecule has 0 bridgehead atoms. The van der Waals surface area contributed by atoms with Gasteiger partial charge < -0.3 is 29.5 Å². The summed E-state index contributed by atoms with van der Waals surface area (Å²) in [5, 5.41) is 5.78. The van der Waals surface area contributed by atoms with Gasteiger partial charge in [0.2, 0.25) is 17.7 Å². The molecule has 12 heteroatoms. The van der Waals surface area contributed by atoms with Crippen molar-refractivity contribution in [1.82, 2.24) is 10.6 Å². The second kappa shape index (κ2) is 19.8. The summed E-state index contributed by atoms with van der Waals surface area (Å²) in [7, 11) is -0.612. The number of amides is 3. The number of para-hydroxylation sites is 1. The Kier molecular flexibility index (Phi) is 16.3. The first-order valence-electron chi connectivity index (χ1n) is 15.6. The molecule has 3 rings (SSSR count). The molecule has 0 saturated heterocycles. The molecule has 2 N–H and O–H groups in total. The smallest absolute Gasteiger partial charge is 0.229 e. The minimum atomic E-state index is -3.74. The number of unbranched alkanes of at least 4 members (excludes halogenated alkanes) is 3. The molecule has 0 saturated carbocycles. The number of fused-ring (bicyclic) bond motifs is 2. The maximum atomic E-state index is 13.3. The van der Waals surface area contributed by atoms with Crippen molar-refractivity contribution < 1.29 is 28.4 Å². The van der Waals surface area contributed by atoms with Crippen LogP contribution in [-0.2, 0) is 30.0 Å². The first-order valence-corrected chi connectivity index (χ1v) is 19.7. The second-order valence-electron chi connectivity index (χ2n) is 11.0. The normalized spacial score (nSPS) is 13.7. The van der Waals surface area contributed by atoms with Crippen molar-refractivity contribution in [2.24, 2.45) is 0 Å². The zero-order chi connectivity index (χ0) is 32.5. The summed E-state index contributed by atoms with van der Waals surface area (Å²) >= 11 is 0. The van der Waals surface area contributed by atoms with E-state index in [0.29, 0.717) is 43.9 Å². The van der Waals surface area contributed by atoms with Crippen LogP contribution in [0.1, 0.15) is 75.5 Å². The molecule has 1 heterocycles. The van der Waals surface area contributed by atoms with Gasteiger partial charge in [-0.05, 0) is 35.6 Å². The van der Waals surface area contributed by atoms with Gasteiger partial charge in [0, 0.05) is 49.5 Å². The molecule has 0 spiro atoms. The Bertz CT molecular complexity index is 1340. The summed E-state index contributed by atoms with van der Waals surface area (Å²) in [6.45, 7) is 4.77. The van der Waals surface area contributed by atoms with E-state index >= 15 is 0 Å². The number of hydrogen-bond donors (Lipinski definition) is 2. The predicted octanol–water partition coefficient (Wildman–Crippen LogP) is 6.03. The van der Waals surface area contributed by atoms with E-state index in [1.165, 1.54) is 0 Å². The van der Waals surface area contributed by atoms with Gasteiger partial charge in [-0.15, -0.1) is 0 Å². The lowest BCUT2D eigenvalue weighted by Gasteiger charge is -2.27. The zero-order valence-electron chi connectivity index (χ0n) is 26.2. The molecule has 1 atom stereocenters. The van der Waals surface area contributed by atoms with Gasteiger partial charge in [0.05, 0.1) is 18.8 Å². The highest BCUT2D eigenvalue weighted by Crippen LogP contribution is 2.42. The van der Waals surface area contributed by atoms with Gasteiger partial charge >= 0.3 is 0 Å². The van der Waals surface area contributed by atoms with E-state index < -0.39 is 13.3 Å². The van der Waals surface area contributed by atoms with E-state index in [0.717, 1.165) is 41.6 Å². The minimum absolute atomic E-state index is 0.000218. The molecular formula is C33H45N3O6PS2-. The molecule has 2 aromatic carbocycles. The van der Waals surface area contributed by atoms with E-state index in [9.17, 15) is 23.8 Å². The lowest BCUT2D eigenvalue weighted by Crippen LogP contribution is -2.35. The quantitative estimate of drug-likeness (QED) is 0.105. The summed E-state index contributed by atoms with van der Waals surface area (Å²) in [5.41, 5.74) is 3.50. The number of anilines is 1. The number of rotatable bonds is 19. The standard InChI is InChI=1S/C33H46N3O6PS2/c1-26(2)43(40,41)42-22-10-4-3-9-20-34-31(37)18-23-44-45-24-19-32(38)35-21-17-33(39)36-25-29-13-6-5-11-27(29)15-16-28-12-7-8-14-30(28)36/h5-8,11-16,26H,3-4,9-10,17-25H2,1-2H3,(H,34,37)(H,35,38)(H,40,41)/p-1. The molecule has 3 amide bonds. The Morgan fingerprint density at radius 1 is 0.844 bits per heavy atom. The maximum absolute atomic E-state index is 13.3. The van der Waals surface area contributed by atoms with Crippen LogP contribution in [0.15, 0.2) is 48.5 Å². The van der Waals surface area contributed by atoms with Gasteiger partial charge in [-0.25, -0.2) is 0 Å². The third kappa shape index (κ3) is 13.4. The van der Waals surface area contributed by atoms with Crippen molar-refractivity contribution in [2.45, 2.75) is 71.0 Å². The summed E-state index contributed by atoms with van der Waals surface area (Å²) < 4.78 is 16.6. The first kappa shape index (κ1) is 36.9. The fourth-order valence-electron chi connectivity index (χ4n) is 4.53. The molecule has 2 aromatic rings. The van der Waals surface area contributed by atoms with E-state index in [1.807, 2.05) is 54.6 Å². The maximum Gasteiger partial charge on any atom is 0.229 e. The molecule has 1 aliphatic heterocycles. The molecule has 45 heavy (non-hydrogen) atoms. The van der Waals surface area contributed by atoms with Crippen LogP contribution in [0.4, 0.5) is 5.69 Å².